The molecule has 1 fully saturated rings. The van der Waals surface area contributed by atoms with Crippen molar-refractivity contribution in [2.75, 3.05) is 50.2 Å². The van der Waals surface area contributed by atoms with Crippen molar-refractivity contribution in [1.82, 2.24) is 10.2 Å². The Hall–Kier alpha value is -3.27. The average Bonchev–Trinajstić information content (AvgIpc) is 2.85. The first-order chi connectivity index (χ1) is 16.2. The van der Waals surface area contributed by atoms with Crippen molar-refractivity contribution >= 4 is 27.5 Å². The van der Waals surface area contributed by atoms with E-state index < -0.39 is 22.0 Å². The summed E-state index contributed by atoms with van der Waals surface area (Å²) < 4.78 is 33.8. The van der Waals surface area contributed by atoms with E-state index in [4.69, 9.17) is 9.47 Å². The molecule has 184 valence electrons. The van der Waals surface area contributed by atoms with E-state index in [2.05, 4.69) is 10.2 Å². The van der Waals surface area contributed by atoms with E-state index in [1.165, 1.54) is 0 Å². The van der Waals surface area contributed by atoms with Gasteiger partial charge in [-0.05, 0) is 36.2 Å². The van der Waals surface area contributed by atoms with Gasteiger partial charge < -0.3 is 24.6 Å². The van der Waals surface area contributed by atoms with Crippen LogP contribution in [0.5, 0.6) is 5.75 Å². The third-order valence-electron chi connectivity index (χ3n) is 5.61. The zero-order valence-corrected chi connectivity index (χ0v) is 20.3. The Balaban J connectivity index is 1.58. The third kappa shape index (κ3) is 7.65. The quantitative estimate of drug-likeness (QED) is 0.575. The number of carbonyl (C=O) groups excluding carboxylic acids is 2. The first-order valence-corrected chi connectivity index (χ1v) is 13.1. The Labute approximate surface area is 200 Å². The maximum Gasteiger partial charge on any atom is 0.408 e. The van der Waals surface area contributed by atoms with Gasteiger partial charge in [0.25, 0.3) is 0 Å². The number of carbonyl (C=O) groups is 2. The highest BCUT2D eigenvalue weighted by molar-refractivity contribution is 7.90. The molecule has 1 unspecified atom stereocenters. The predicted octanol–water partition coefficient (Wildman–Crippen LogP) is 2.07. The number of ether oxygens (including phenoxy) is 2. The molecule has 0 saturated carbocycles. The fraction of sp³-hybridized carbons (Fsp3) is 0.417. The molecule has 1 aliphatic heterocycles. The molecule has 3 rings (SSSR count). The van der Waals surface area contributed by atoms with E-state index in [9.17, 15) is 18.0 Å². The number of piperazine rings is 1. The van der Waals surface area contributed by atoms with Gasteiger partial charge in [0.15, 0.2) is 0 Å². The van der Waals surface area contributed by atoms with Crippen LogP contribution in [0.3, 0.4) is 0 Å². The molecule has 2 aromatic carbocycles. The molecule has 0 aliphatic carbocycles. The second-order valence-corrected chi connectivity index (χ2v) is 10.4. The summed E-state index contributed by atoms with van der Waals surface area (Å²) in [4.78, 5) is 29.4. The van der Waals surface area contributed by atoms with Crippen LogP contribution in [0.2, 0.25) is 0 Å². The lowest BCUT2D eigenvalue weighted by Gasteiger charge is -2.37. The summed E-state index contributed by atoms with van der Waals surface area (Å²) in [5.41, 5.74) is 1.84. The minimum Gasteiger partial charge on any atom is -0.497 e. The van der Waals surface area contributed by atoms with Gasteiger partial charge in [-0.2, -0.15) is 0 Å². The number of alkyl carbamates (subject to hydrolysis) is 1. The number of nitrogens with zero attached hydrogens (tertiary/aromatic N) is 2. The lowest BCUT2D eigenvalue weighted by atomic mass is 10.1. The second-order valence-electron chi connectivity index (χ2n) is 8.19. The summed E-state index contributed by atoms with van der Waals surface area (Å²) in [6.45, 7) is 2.22. The normalized spacial score (nSPS) is 14.9. The van der Waals surface area contributed by atoms with Gasteiger partial charge in [0.2, 0.25) is 5.91 Å². The van der Waals surface area contributed by atoms with Gasteiger partial charge in [0.05, 0.1) is 12.9 Å². The topological polar surface area (TPSA) is 105 Å². The van der Waals surface area contributed by atoms with Gasteiger partial charge in [0.1, 0.15) is 28.2 Å². The van der Waals surface area contributed by atoms with Gasteiger partial charge in [-0.1, -0.05) is 30.3 Å². The van der Waals surface area contributed by atoms with E-state index >= 15 is 0 Å². The van der Waals surface area contributed by atoms with Crippen LogP contribution in [-0.4, -0.2) is 76.7 Å². The number of hydrogen-bond acceptors (Lipinski definition) is 7. The highest BCUT2D eigenvalue weighted by atomic mass is 32.2. The number of amides is 2. The van der Waals surface area contributed by atoms with Crippen LogP contribution in [0, 0.1) is 0 Å². The molecule has 0 bridgehead atoms. The molecule has 0 aromatic heterocycles. The van der Waals surface area contributed by atoms with Crippen LogP contribution < -0.4 is 15.0 Å². The first-order valence-electron chi connectivity index (χ1n) is 11.1. The highest BCUT2D eigenvalue weighted by Gasteiger charge is 2.30. The maximum atomic E-state index is 13.2. The molecule has 2 amide bonds. The largest absolute Gasteiger partial charge is 0.497 e. The molecule has 2 aromatic rings. The number of benzene rings is 2. The molecule has 1 heterocycles. The number of rotatable bonds is 9. The van der Waals surface area contributed by atoms with E-state index in [0.29, 0.717) is 26.2 Å². The van der Waals surface area contributed by atoms with Crippen LogP contribution in [0.4, 0.5) is 10.5 Å². The monoisotopic (exact) mass is 489 g/mol. The van der Waals surface area contributed by atoms with Crippen molar-refractivity contribution < 1.29 is 27.5 Å². The van der Waals surface area contributed by atoms with Crippen molar-refractivity contribution in [1.29, 1.82) is 0 Å². The van der Waals surface area contributed by atoms with E-state index in [1.807, 2.05) is 54.6 Å². The summed E-state index contributed by atoms with van der Waals surface area (Å²) >= 11 is 0. The van der Waals surface area contributed by atoms with Crippen molar-refractivity contribution in [3.05, 3.63) is 60.2 Å². The van der Waals surface area contributed by atoms with Gasteiger partial charge in [-0.15, -0.1) is 0 Å². The highest BCUT2D eigenvalue weighted by Crippen LogP contribution is 2.21. The molecule has 34 heavy (non-hydrogen) atoms. The van der Waals surface area contributed by atoms with E-state index in [0.717, 1.165) is 23.3 Å². The maximum absolute atomic E-state index is 13.2. The molecule has 10 heteroatoms. The van der Waals surface area contributed by atoms with Crippen LogP contribution in [0.15, 0.2) is 54.6 Å². The molecule has 1 aliphatic rings. The Bertz CT molecular complexity index is 1050. The second kappa shape index (κ2) is 11.7. The zero-order valence-electron chi connectivity index (χ0n) is 19.5. The smallest absolute Gasteiger partial charge is 0.408 e. The van der Waals surface area contributed by atoms with Crippen molar-refractivity contribution in [2.24, 2.45) is 0 Å². The van der Waals surface area contributed by atoms with Gasteiger partial charge >= 0.3 is 6.09 Å². The molecule has 1 N–H and O–H groups in total. The van der Waals surface area contributed by atoms with Crippen LogP contribution in [0.1, 0.15) is 12.0 Å². The summed E-state index contributed by atoms with van der Waals surface area (Å²) in [6.07, 6.45) is 0.333. The number of anilines is 1. The molecule has 0 radical (unpaired) electrons. The summed E-state index contributed by atoms with van der Waals surface area (Å²) in [7, 11) is -1.69. The summed E-state index contributed by atoms with van der Waals surface area (Å²) in [5, 5.41) is 2.57. The lowest BCUT2D eigenvalue weighted by Crippen LogP contribution is -2.55. The Kier molecular flexibility index (Phi) is 8.75. The van der Waals surface area contributed by atoms with Crippen molar-refractivity contribution in [3.63, 3.8) is 0 Å². The zero-order chi connectivity index (χ0) is 24.6. The summed E-state index contributed by atoms with van der Waals surface area (Å²) in [6, 6.07) is 15.9. The standard InChI is InChI=1S/C24H31N3O6S/c1-32-21-10-8-20(9-11-21)26-13-15-27(16-14-26)23(28)22(12-17-34(2,30)31)25-24(29)33-18-19-6-4-3-5-7-19/h3-11,22H,12-18H2,1-2H3,(H,25,29). The van der Waals surface area contributed by atoms with Crippen LogP contribution in [0.25, 0.3) is 0 Å². The SMILES string of the molecule is COc1ccc(N2CCN(C(=O)C(CCS(C)(=O)=O)NC(=O)OCc3ccccc3)CC2)cc1. The fourth-order valence-corrected chi connectivity index (χ4v) is 4.36. The number of nitrogens with one attached hydrogen (secondary N) is 1. The lowest BCUT2D eigenvalue weighted by molar-refractivity contribution is -0.133. The third-order valence-corrected chi connectivity index (χ3v) is 6.59. The number of sulfone groups is 1. The Morgan fingerprint density at radius 2 is 1.65 bits per heavy atom. The number of hydrogen-bond donors (Lipinski definition) is 1. The van der Waals surface area contributed by atoms with Crippen molar-refractivity contribution in [2.45, 2.75) is 19.1 Å². The van der Waals surface area contributed by atoms with Gasteiger partial charge in [-0.3, -0.25) is 4.79 Å². The van der Waals surface area contributed by atoms with E-state index in [1.54, 1.807) is 12.0 Å². The fourth-order valence-electron chi connectivity index (χ4n) is 3.69. The minimum atomic E-state index is -3.31. The summed E-state index contributed by atoms with van der Waals surface area (Å²) in [5.74, 6) is 0.250. The molecule has 1 atom stereocenters. The molecular formula is C24H31N3O6S. The molecule has 9 nitrogen and oxygen atoms in total. The average molecular weight is 490 g/mol. The van der Waals surface area contributed by atoms with E-state index in [-0.39, 0.29) is 24.7 Å². The number of methoxy groups -OCH3 is 1. The minimum absolute atomic E-state index is 0.0171. The van der Waals surface area contributed by atoms with Crippen LogP contribution in [-0.2, 0) is 26.0 Å². The molecule has 1 saturated heterocycles. The Morgan fingerprint density at radius 3 is 2.24 bits per heavy atom. The Morgan fingerprint density at radius 1 is 1.00 bits per heavy atom. The van der Waals surface area contributed by atoms with Crippen LogP contribution >= 0.6 is 0 Å². The molecule has 0 spiro atoms. The van der Waals surface area contributed by atoms with Gasteiger partial charge in [0, 0.05) is 38.1 Å². The van der Waals surface area contributed by atoms with Crippen molar-refractivity contribution in [3.8, 4) is 5.75 Å². The predicted molar refractivity (Wildman–Crippen MR) is 130 cm³/mol. The first kappa shape index (κ1) is 25.4. The van der Waals surface area contributed by atoms with Gasteiger partial charge in [-0.25, -0.2) is 13.2 Å². The molecular weight excluding hydrogens is 458 g/mol.